The van der Waals surface area contributed by atoms with Crippen LogP contribution >= 0.6 is 11.3 Å². The molecule has 7 rings (SSSR count). The minimum atomic E-state index is -1.30. The molecule has 3 aliphatic heterocycles. The Hall–Kier alpha value is -3.73. The quantitative estimate of drug-likeness (QED) is 0.286. The number of nitrogen functional groups attached to an aromatic ring is 1. The number of fused-ring (bicyclic) bond motifs is 3. The van der Waals surface area contributed by atoms with Crippen LogP contribution in [0.25, 0.3) is 32.1 Å². The molecule has 0 amide bonds. The third kappa shape index (κ3) is 4.54. The number of nitrogens with zero attached hydrogens (tertiary/aromatic N) is 4. The fraction of sp³-hybridized carbons (Fsp3) is 0.433. The summed E-state index contributed by atoms with van der Waals surface area (Å²) in [6, 6.07) is 6.09. The lowest BCUT2D eigenvalue weighted by atomic mass is 9.93. The minimum Gasteiger partial charge on any atom is -0.469 e. The molecule has 5 heterocycles. The van der Waals surface area contributed by atoms with Gasteiger partial charge in [-0.15, -0.1) is 11.3 Å². The van der Waals surface area contributed by atoms with Gasteiger partial charge in [-0.05, 0) is 49.6 Å². The van der Waals surface area contributed by atoms with Crippen LogP contribution in [0.4, 0.5) is 22.6 Å². The zero-order valence-corrected chi connectivity index (χ0v) is 24.0. The highest BCUT2D eigenvalue weighted by molar-refractivity contribution is 7.23. The predicted octanol–water partition coefficient (Wildman–Crippen LogP) is 5.20. The van der Waals surface area contributed by atoms with E-state index in [1.54, 1.807) is 13.0 Å². The molecular formula is C30H28F4N6O2S. The lowest BCUT2D eigenvalue weighted by Gasteiger charge is -2.30. The molecule has 2 aromatic heterocycles. The Bertz CT molecular complexity index is 1810. The first kappa shape index (κ1) is 28.1. The monoisotopic (exact) mass is 612 g/mol. The molecule has 2 aromatic carbocycles. The molecule has 224 valence electrons. The lowest BCUT2D eigenvalue weighted by Crippen LogP contribution is -2.43. The first-order valence-corrected chi connectivity index (χ1v) is 15.0. The van der Waals surface area contributed by atoms with Crippen molar-refractivity contribution in [2.24, 2.45) is 0 Å². The number of aromatic nitrogens is 2. The largest absolute Gasteiger partial charge is 0.469 e. The Labute approximate surface area is 248 Å². The van der Waals surface area contributed by atoms with Crippen LogP contribution in [0.15, 0.2) is 18.2 Å². The van der Waals surface area contributed by atoms with E-state index in [1.807, 2.05) is 6.07 Å². The van der Waals surface area contributed by atoms with Crippen LogP contribution in [0.5, 0.6) is 11.9 Å². The molecule has 0 spiro atoms. The SMILES string of the molecule is Cc1cc2c(OC3CNCC3F)nc(OCC34CCCN3CC(F)C4)nc2c(F)c1-c1ccc(F)c2sc(N)c(C#N)c12. The zero-order chi connectivity index (χ0) is 30.0. The number of rotatable bonds is 6. The molecular weight excluding hydrogens is 584 g/mol. The van der Waals surface area contributed by atoms with Gasteiger partial charge < -0.3 is 20.5 Å². The van der Waals surface area contributed by atoms with E-state index in [0.29, 0.717) is 18.5 Å². The molecule has 0 aliphatic carbocycles. The molecule has 0 radical (unpaired) electrons. The molecule has 43 heavy (non-hydrogen) atoms. The van der Waals surface area contributed by atoms with Crippen LogP contribution in [0, 0.1) is 29.9 Å². The van der Waals surface area contributed by atoms with Gasteiger partial charge in [-0.1, -0.05) is 6.07 Å². The molecule has 3 N–H and O–H groups in total. The molecule has 0 saturated carbocycles. The highest BCUT2D eigenvalue weighted by atomic mass is 32.1. The topological polar surface area (TPSA) is 109 Å². The highest BCUT2D eigenvalue weighted by Crippen LogP contribution is 2.45. The minimum absolute atomic E-state index is 0.0396. The molecule has 3 saturated heterocycles. The third-order valence-electron chi connectivity index (χ3n) is 8.85. The number of nitrogens with one attached hydrogen (secondary N) is 1. The number of ether oxygens (including phenoxy) is 2. The van der Waals surface area contributed by atoms with Crippen molar-refractivity contribution in [3.8, 4) is 29.1 Å². The molecule has 0 bridgehead atoms. The van der Waals surface area contributed by atoms with E-state index in [-0.39, 0.29) is 74.3 Å². The molecule has 8 nitrogen and oxygen atoms in total. The Morgan fingerprint density at radius 1 is 1.26 bits per heavy atom. The fourth-order valence-corrected chi connectivity index (χ4v) is 7.78. The zero-order valence-electron chi connectivity index (χ0n) is 23.2. The van der Waals surface area contributed by atoms with Gasteiger partial charge in [0, 0.05) is 37.0 Å². The fourth-order valence-electron chi connectivity index (χ4n) is 6.83. The number of nitrogens with two attached hydrogens (primary N) is 1. The summed E-state index contributed by atoms with van der Waals surface area (Å²) in [6.07, 6.45) is -1.13. The van der Waals surface area contributed by atoms with Crippen molar-refractivity contribution < 1.29 is 27.0 Å². The van der Waals surface area contributed by atoms with E-state index in [4.69, 9.17) is 15.2 Å². The van der Waals surface area contributed by atoms with Crippen LogP contribution in [0.2, 0.25) is 0 Å². The first-order valence-electron chi connectivity index (χ1n) is 14.1. The van der Waals surface area contributed by atoms with Crippen molar-refractivity contribution in [2.45, 2.75) is 50.2 Å². The van der Waals surface area contributed by atoms with E-state index >= 15 is 4.39 Å². The van der Waals surface area contributed by atoms with Crippen molar-refractivity contribution in [3.63, 3.8) is 0 Å². The predicted molar refractivity (Wildman–Crippen MR) is 155 cm³/mol. The van der Waals surface area contributed by atoms with Gasteiger partial charge in [0.15, 0.2) is 12.0 Å². The average Bonchev–Trinajstić information content (AvgIpc) is 3.72. The summed E-state index contributed by atoms with van der Waals surface area (Å²) in [6.45, 7) is 3.23. The summed E-state index contributed by atoms with van der Waals surface area (Å²) in [5.41, 5.74) is 6.27. The van der Waals surface area contributed by atoms with Gasteiger partial charge in [0.1, 0.15) is 41.3 Å². The Balaban J connectivity index is 1.37. The summed E-state index contributed by atoms with van der Waals surface area (Å²) >= 11 is 0.923. The summed E-state index contributed by atoms with van der Waals surface area (Å²) in [4.78, 5) is 10.9. The number of alkyl halides is 2. The first-order chi connectivity index (χ1) is 20.7. The van der Waals surface area contributed by atoms with Crippen LogP contribution in [-0.2, 0) is 0 Å². The number of hydrogen-bond acceptors (Lipinski definition) is 9. The second-order valence-electron chi connectivity index (χ2n) is 11.5. The molecule has 4 aromatic rings. The van der Waals surface area contributed by atoms with E-state index in [2.05, 4.69) is 20.2 Å². The standard InChI is InChI=1S/C30H28F4N6O2S/c1-14-7-17-25(24(34)22(14)16-3-4-19(32)26-23(16)18(9-35)27(36)43-26)38-29(39-28(17)42-21-11-37-10-20(21)33)41-13-30-5-2-6-40(30)12-15(31)8-30/h3-4,7,15,20-21,37H,2,5-6,8,10-13,36H2,1H3. The van der Waals surface area contributed by atoms with Crippen molar-refractivity contribution in [1.82, 2.24) is 20.2 Å². The second kappa shape index (κ2) is 10.5. The van der Waals surface area contributed by atoms with Gasteiger partial charge in [0.05, 0.1) is 21.2 Å². The van der Waals surface area contributed by atoms with Crippen molar-refractivity contribution >= 4 is 37.3 Å². The van der Waals surface area contributed by atoms with Gasteiger partial charge >= 0.3 is 6.01 Å². The van der Waals surface area contributed by atoms with Crippen LogP contribution in [0.3, 0.4) is 0 Å². The highest BCUT2D eigenvalue weighted by Gasteiger charge is 2.49. The maximum atomic E-state index is 16.7. The van der Waals surface area contributed by atoms with Crippen molar-refractivity contribution in [1.29, 1.82) is 5.26 Å². The Morgan fingerprint density at radius 2 is 2.09 bits per heavy atom. The normalized spacial score (nSPS) is 25.4. The summed E-state index contributed by atoms with van der Waals surface area (Å²) < 4.78 is 72.5. The average molecular weight is 613 g/mol. The van der Waals surface area contributed by atoms with E-state index < -0.39 is 35.6 Å². The van der Waals surface area contributed by atoms with Gasteiger partial charge in [0.2, 0.25) is 5.88 Å². The second-order valence-corrected chi connectivity index (χ2v) is 12.6. The van der Waals surface area contributed by atoms with E-state index in [9.17, 15) is 18.4 Å². The number of nitriles is 1. The maximum Gasteiger partial charge on any atom is 0.320 e. The van der Waals surface area contributed by atoms with Crippen LogP contribution < -0.4 is 20.5 Å². The Kier molecular flexibility index (Phi) is 6.83. The lowest BCUT2D eigenvalue weighted by molar-refractivity contribution is 0.104. The molecule has 4 atom stereocenters. The summed E-state index contributed by atoms with van der Waals surface area (Å²) in [5, 5.41) is 13.3. The summed E-state index contributed by atoms with van der Waals surface area (Å²) in [7, 11) is 0. The number of anilines is 1. The van der Waals surface area contributed by atoms with Crippen LogP contribution in [-0.4, -0.2) is 71.6 Å². The maximum absolute atomic E-state index is 16.7. The van der Waals surface area contributed by atoms with Crippen LogP contribution in [0.1, 0.15) is 30.4 Å². The molecule has 3 aliphatic rings. The number of aryl methyl sites for hydroxylation is 1. The molecule has 3 fully saturated rings. The number of benzene rings is 2. The molecule has 4 unspecified atom stereocenters. The van der Waals surface area contributed by atoms with Gasteiger partial charge in [-0.2, -0.15) is 15.2 Å². The van der Waals surface area contributed by atoms with Gasteiger partial charge in [-0.25, -0.2) is 17.6 Å². The van der Waals surface area contributed by atoms with Gasteiger partial charge in [-0.3, -0.25) is 4.90 Å². The van der Waals surface area contributed by atoms with E-state index in [1.165, 1.54) is 12.1 Å². The number of halogens is 4. The number of hydrogen-bond donors (Lipinski definition) is 2. The molecule has 13 heteroatoms. The number of thiophene rings is 1. The van der Waals surface area contributed by atoms with E-state index in [0.717, 1.165) is 30.7 Å². The van der Waals surface area contributed by atoms with Crippen molar-refractivity contribution in [3.05, 3.63) is 41.0 Å². The Morgan fingerprint density at radius 3 is 2.86 bits per heavy atom. The van der Waals surface area contributed by atoms with Gasteiger partial charge in [0.25, 0.3) is 0 Å². The van der Waals surface area contributed by atoms with Crippen molar-refractivity contribution in [2.75, 3.05) is 38.5 Å². The third-order valence-corrected chi connectivity index (χ3v) is 9.88. The summed E-state index contributed by atoms with van der Waals surface area (Å²) in [5.74, 6) is -1.37. The smallest absolute Gasteiger partial charge is 0.320 e.